The van der Waals surface area contributed by atoms with E-state index in [0.29, 0.717) is 10.6 Å². The van der Waals surface area contributed by atoms with Crippen LogP contribution in [0.3, 0.4) is 0 Å². The third-order valence-corrected chi connectivity index (χ3v) is 3.83. The number of ether oxygens (including phenoxy) is 2. The Morgan fingerprint density at radius 3 is 2.71 bits per heavy atom. The van der Waals surface area contributed by atoms with E-state index in [1.54, 1.807) is 6.92 Å². The Morgan fingerprint density at radius 2 is 2.07 bits per heavy atom. The first kappa shape index (κ1) is 21.8. The molecule has 0 unspecified atom stereocenters. The Bertz CT molecular complexity index is 784. The second-order valence-electron chi connectivity index (χ2n) is 5.71. The van der Waals surface area contributed by atoms with Crippen LogP contribution in [0.15, 0.2) is 17.7 Å². The van der Waals surface area contributed by atoms with Crippen molar-refractivity contribution in [3.05, 3.63) is 44.0 Å². The fraction of sp³-hybridized carbons (Fsp3) is 0.438. The highest BCUT2D eigenvalue weighted by molar-refractivity contribution is 6.30. The molecular formula is C16H16ClF3N2O6. The van der Waals surface area contributed by atoms with E-state index in [1.165, 1.54) is 12.1 Å². The number of rotatable bonds is 8. The molecule has 1 aliphatic heterocycles. The van der Waals surface area contributed by atoms with Crippen LogP contribution in [-0.2, 0) is 14.4 Å². The second kappa shape index (κ2) is 9.11. The number of alkyl halides is 3. The summed E-state index contributed by atoms with van der Waals surface area (Å²) in [5.41, 5.74) is 0.0694. The van der Waals surface area contributed by atoms with E-state index >= 15 is 0 Å². The minimum absolute atomic E-state index is 0.0115. The van der Waals surface area contributed by atoms with Gasteiger partial charge >= 0.3 is 6.18 Å². The number of nitrogens with one attached hydrogen (secondary N) is 1. The van der Waals surface area contributed by atoms with Crippen LogP contribution in [0.4, 0.5) is 13.2 Å². The summed E-state index contributed by atoms with van der Waals surface area (Å²) in [5.74, 6) is -0.965. The number of nitrogens with zero attached hydrogens (tertiary/aromatic N) is 1. The van der Waals surface area contributed by atoms with Crippen molar-refractivity contribution < 1.29 is 37.4 Å². The van der Waals surface area contributed by atoms with E-state index < -0.39 is 28.8 Å². The van der Waals surface area contributed by atoms with Crippen LogP contribution in [0.2, 0.25) is 5.02 Å². The minimum Gasteiger partial charge on any atom is -0.475 e. The van der Waals surface area contributed by atoms with Crippen LogP contribution < -0.4 is 10.1 Å². The Balaban J connectivity index is 2.04. The van der Waals surface area contributed by atoms with Crippen molar-refractivity contribution in [3.8, 4) is 5.75 Å². The Labute approximate surface area is 162 Å². The molecule has 1 N–H and O–H groups in total. The Kier molecular flexibility index (Phi) is 7.08. The molecule has 12 heteroatoms. The molecular weight excluding hydrogens is 409 g/mol. The summed E-state index contributed by atoms with van der Waals surface area (Å²) < 4.78 is 50.2. The van der Waals surface area contributed by atoms with Gasteiger partial charge in [0.2, 0.25) is 6.10 Å². The molecule has 1 aliphatic rings. The van der Waals surface area contributed by atoms with Crippen molar-refractivity contribution in [2.45, 2.75) is 19.2 Å². The molecule has 28 heavy (non-hydrogen) atoms. The van der Waals surface area contributed by atoms with Gasteiger partial charge in [0.1, 0.15) is 12.4 Å². The summed E-state index contributed by atoms with van der Waals surface area (Å²) in [6, 6.07) is 2.87. The highest BCUT2D eigenvalue weighted by Crippen LogP contribution is 2.40. The van der Waals surface area contributed by atoms with Gasteiger partial charge in [0.15, 0.2) is 0 Å². The molecule has 0 bridgehead atoms. The molecule has 0 radical (unpaired) electrons. The van der Waals surface area contributed by atoms with Crippen LogP contribution in [0.25, 0.3) is 6.08 Å². The number of carbonyl (C=O) groups is 1. The molecule has 0 aliphatic carbocycles. The molecule has 1 aromatic rings. The van der Waals surface area contributed by atoms with Crippen LogP contribution in [0.1, 0.15) is 11.1 Å². The number of hydrogen-bond donors (Lipinski definition) is 1. The zero-order valence-electron chi connectivity index (χ0n) is 14.5. The maximum Gasteiger partial charge on any atom is 0.429 e. The summed E-state index contributed by atoms with van der Waals surface area (Å²) >= 11 is 5.92. The maximum atomic E-state index is 13.4. The minimum atomic E-state index is -4.80. The first-order valence-electron chi connectivity index (χ1n) is 7.98. The van der Waals surface area contributed by atoms with Crippen LogP contribution >= 0.6 is 11.6 Å². The smallest absolute Gasteiger partial charge is 0.429 e. The lowest BCUT2D eigenvalue weighted by Gasteiger charge is -2.29. The largest absolute Gasteiger partial charge is 0.475 e. The molecule has 0 saturated heterocycles. The third kappa shape index (κ3) is 5.73. The van der Waals surface area contributed by atoms with Crippen molar-refractivity contribution in [2.75, 3.05) is 26.4 Å². The van der Waals surface area contributed by atoms with Crippen LogP contribution in [0.5, 0.6) is 5.75 Å². The maximum absolute atomic E-state index is 13.4. The average molecular weight is 425 g/mol. The first-order valence-corrected chi connectivity index (χ1v) is 8.35. The average Bonchev–Trinajstić information content (AvgIpc) is 2.58. The van der Waals surface area contributed by atoms with Gasteiger partial charge in [-0.3, -0.25) is 4.79 Å². The van der Waals surface area contributed by atoms with Gasteiger partial charge in [0.05, 0.1) is 18.8 Å². The molecule has 1 heterocycles. The number of carbonyl (C=O) groups excluding carboxylic acids is 1. The van der Waals surface area contributed by atoms with Crippen molar-refractivity contribution in [1.29, 1.82) is 0 Å². The van der Waals surface area contributed by atoms with Gasteiger partial charge < -0.3 is 19.6 Å². The number of amides is 1. The molecule has 1 atom stereocenters. The first-order chi connectivity index (χ1) is 13.1. The van der Waals surface area contributed by atoms with Crippen molar-refractivity contribution in [2.24, 2.45) is 0 Å². The molecule has 8 nitrogen and oxygen atoms in total. The van der Waals surface area contributed by atoms with Gasteiger partial charge in [-0.25, -0.2) is 0 Å². The summed E-state index contributed by atoms with van der Waals surface area (Å²) in [7, 11) is 0. The van der Waals surface area contributed by atoms with E-state index in [9.17, 15) is 28.1 Å². The zero-order valence-corrected chi connectivity index (χ0v) is 15.3. The molecule has 0 aromatic heterocycles. The van der Waals surface area contributed by atoms with Crippen molar-refractivity contribution >= 4 is 23.6 Å². The monoisotopic (exact) mass is 424 g/mol. The van der Waals surface area contributed by atoms with E-state index in [0.717, 1.165) is 6.08 Å². The third-order valence-electron chi connectivity index (χ3n) is 3.61. The van der Waals surface area contributed by atoms with Gasteiger partial charge in [-0.05, 0) is 30.7 Å². The van der Waals surface area contributed by atoms with Gasteiger partial charge in [-0.1, -0.05) is 11.6 Å². The molecule has 1 aromatic carbocycles. The SMILES string of the molecule is Cc1cc(Cl)cc2c1O[C@H](C(F)(F)F)C(C(=O)NCCOCCO[N+](=O)[O-])=C2. The summed E-state index contributed by atoms with van der Waals surface area (Å²) in [6.45, 7) is 0.961. The number of hydrogen-bond acceptors (Lipinski definition) is 6. The lowest BCUT2D eigenvalue weighted by atomic mass is 9.98. The van der Waals surface area contributed by atoms with Gasteiger partial charge in [-0.15, -0.1) is 10.1 Å². The zero-order chi connectivity index (χ0) is 20.9. The van der Waals surface area contributed by atoms with E-state index in [4.69, 9.17) is 21.1 Å². The summed E-state index contributed by atoms with van der Waals surface area (Å²) in [6.07, 6.45) is -6.13. The van der Waals surface area contributed by atoms with E-state index in [2.05, 4.69) is 10.2 Å². The predicted octanol–water partition coefficient (Wildman–Crippen LogP) is 2.70. The Hall–Kier alpha value is -2.53. The van der Waals surface area contributed by atoms with Crippen LogP contribution in [0, 0.1) is 17.0 Å². The number of aryl methyl sites for hydroxylation is 1. The van der Waals surface area contributed by atoms with Gasteiger partial charge in [0, 0.05) is 17.1 Å². The van der Waals surface area contributed by atoms with E-state index in [1.807, 2.05) is 0 Å². The molecule has 1 amide bonds. The molecule has 0 fully saturated rings. The molecule has 0 saturated carbocycles. The summed E-state index contributed by atoms with van der Waals surface area (Å²) in [5, 5.41) is 11.6. The number of halogens is 4. The fourth-order valence-electron chi connectivity index (χ4n) is 2.49. The van der Waals surface area contributed by atoms with Gasteiger partial charge in [-0.2, -0.15) is 13.2 Å². The normalized spacial score (nSPS) is 15.9. The summed E-state index contributed by atoms with van der Waals surface area (Å²) in [4.78, 5) is 26.2. The standard InChI is InChI=1S/C16H16ClF3N2O6/c1-9-6-11(17)7-10-8-12(14(16(18,19)20)28-13(9)10)15(23)21-2-3-26-4-5-27-22(24)25/h6-8,14H,2-5H2,1H3,(H,21,23)/t14-/m0/s1. The topological polar surface area (TPSA) is 99.9 Å². The highest BCUT2D eigenvalue weighted by Gasteiger charge is 2.48. The lowest BCUT2D eigenvalue weighted by molar-refractivity contribution is -0.758. The highest BCUT2D eigenvalue weighted by atomic mass is 35.5. The number of fused-ring (bicyclic) bond motifs is 1. The van der Waals surface area contributed by atoms with Crippen molar-refractivity contribution in [3.63, 3.8) is 0 Å². The Morgan fingerprint density at radius 1 is 1.36 bits per heavy atom. The predicted molar refractivity (Wildman–Crippen MR) is 91.4 cm³/mol. The van der Waals surface area contributed by atoms with Crippen molar-refractivity contribution in [1.82, 2.24) is 5.32 Å². The quantitative estimate of drug-likeness (QED) is 0.391. The molecule has 2 rings (SSSR count). The molecule has 154 valence electrons. The number of benzene rings is 1. The second-order valence-corrected chi connectivity index (χ2v) is 6.14. The van der Waals surface area contributed by atoms with Crippen LogP contribution in [-0.4, -0.2) is 49.6 Å². The fourth-order valence-corrected chi connectivity index (χ4v) is 2.77. The lowest BCUT2D eigenvalue weighted by Crippen LogP contribution is -2.44. The van der Waals surface area contributed by atoms with Gasteiger partial charge in [0.25, 0.3) is 11.0 Å². The van der Waals surface area contributed by atoms with E-state index in [-0.39, 0.29) is 37.7 Å². The molecule has 0 spiro atoms.